The smallest absolute Gasteiger partial charge is 0.214 e. The molecule has 206 valence electrons. The number of aryl methyl sites for hydroxylation is 1. The molecule has 0 N–H and O–H groups in total. The number of hydrogen-bond donors (Lipinski definition) is 0. The fourth-order valence-electron chi connectivity index (χ4n) is 4.79. The van der Waals surface area contributed by atoms with Gasteiger partial charge in [-0.2, -0.15) is 4.31 Å². The van der Waals surface area contributed by atoms with E-state index in [0.717, 1.165) is 22.9 Å². The van der Waals surface area contributed by atoms with Gasteiger partial charge in [-0.05, 0) is 48.6 Å². The monoisotopic (exact) mass is 558 g/mol. The third kappa shape index (κ3) is 6.35. The van der Waals surface area contributed by atoms with Crippen LogP contribution in [0.15, 0.2) is 47.4 Å². The lowest BCUT2D eigenvalue weighted by Gasteiger charge is -2.35. The lowest BCUT2D eigenvalue weighted by atomic mass is 10.0. The van der Waals surface area contributed by atoms with Gasteiger partial charge < -0.3 is 4.90 Å². The van der Waals surface area contributed by atoms with Crippen LogP contribution in [0, 0.1) is 12.3 Å². The number of hydrogen-bond acceptors (Lipinski definition) is 7. The second-order valence-electron chi connectivity index (χ2n) is 11.3. The van der Waals surface area contributed by atoms with Gasteiger partial charge in [-0.1, -0.05) is 52.3 Å². The van der Waals surface area contributed by atoms with Crippen LogP contribution in [0.3, 0.4) is 0 Å². The number of piperazine rings is 1. The van der Waals surface area contributed by atoms with Gasteiger partial charge in [-0.3, -0.25) is 0 Å². The molecule has 1 aliphatic heterocycles. The fourth-order valence-corrected chi connectivity index (χ4v) is 8.50. The highest BCUT2D eigenvalue weighted by molar-refractivity contribution is 7.91. The maximum Gasteiger partial charge on any atom is 0.214 e. The molecule has 0 aliphatic carbocycles. The number of anilines is 1. The second kappa shape index (κ2) is 10.9. The first-order chi connectivity index (χ1) is 17.8. The van der Waals surface area contributed by atoms with Crippen LogP contribution in [0.4, 0.5) is 5.82 Å². The highest BCUT2D eigenvalue weighted by atomic mass is 32.2. The minimum atomic E-state index is -3.59. The van der Waals surface area contributed by atoms with Crippen molar-refractivity contribution in [2.75, 3.05) is 42.6 Å². The van der Waals surface area contributed by atoms with Gasteiger partial charge in [0.15, 0.2) is 15.7 Å². The third-order valence-electron chi connectivity index (χ3n) is 6.61. The summed E-state index contributed by atoms with van der Waals surface area (Å²) >= 11 is 0. The molecule has 0 atom stereocenters. The molecule has 1 saturated heterocycles. The number of nitrogens with zero attached hydrogens (tertiary/aromatic N) is 4. The highest BCUT2D eigenvalue weighted by Gasteiger charge is 2.30. The summed E-state index contributed by atoms with van der Waals surface area (Å²) in [5.41, 5.74) is 1.83. The van der Waals surface area contributed by atoms with Crippen LogP contribution >= 0.6 is 0 Å². The summed E-state index contributed by atoms with van der Waals surface area (Å²) in [6, 6.07) is 12.9. The van der Waals surface area contributed by atoms with Crippen LogP contribution in [-0.4, -0.2) is 68.8 Å². The van der Waals surface area contributed by atoms with Gasteiger partial charge in [0.1, 0.15) is 5.82 Å². The van der Waals surface area contributed by atoms with Gasteiger partial charge >= 0.3 is 0 Å². The number of unbranched alkanes of at least 4 members (excludes halogenated alkanes) is 1. The summed E-state index contributed by atoms with van der Waals surface area (Å²) in [4.78, 5) is 12.0. The zero-order valence-electron chi connectivity index (χ0n) is 22.9. The zero-order chi connectivity index (χ0) is 27.7. The predicted octanol–water partition coefficient (Wildman–Crippen LogP) is 4.68. The maximum atomic E-state index is 13.4. The average molecular weight is 559 g/mol. The molecule has 1 aromatic heterocycles. The topological polar surface area (TPSA) is 101 Å². The van der Waals surface area contributed by atoms with E-state index in [1.54, 1.807) is 28.6 Å². The molecule has 0 spiro atoms. The molecule has 0 unspecified atom stereocenters. The molecule has 0 radical (unpaired) electrons. The van der Waals surface area contributed by atoms with E-state index in [2.05, 4.69) is 4.90 Å². The summed E-state index contributed by atoms with van der Waals surface area (Å²) in [6.07, 6.45) is 1.49. The SMILES string of the molecule is CCCCS(=O)(=O)N1CCN(c2nc(-c3ccccc3S(=O)(=O)CC(C)(C)C)nc3cc(C)ccc23)CC1. The van der Waals surface area contributed by atoms with Gasteiger partial charge in [0, 0.05) is 37.1 Å². The minimum Gasteiger partial charge on any atom is -0.353 e. The van der Waals surface area contributed by atoms with Crippen molar-refractivity contribution in [3.05, 3.63) is 48.0 Å². The van der Waals surface area contributed by atoms with Gasteiger partial charge in [-0.25, -0.2) is 26.8 Å². The summed E-state index contributed by atoms with van der Waals surface area (Å²) in [6.45, 7) is 11.4. The quantitative estimate of drug-likeness (QED) is 0.396. The van der Waals surface area contributed by atoms with E-state index in [4.69, 9.17) is 9.97 Å². The summed E-state index contributed by atoms with van der Waals surface area (Å²) in [5.74, 6) is 1.22. The normalized spacial score (nSPS) is 15.8. The molecular formula is C28H38N4O4S2. The van der Waals surface area contributed by atoms with Crippen molar-refractivity contribution in [3.8, 4) is 11.4 Å². The molecule has 0 saturated carbocycles. The zero-order valence-corrected chi connectivity index (χ0v) is 24.6. The Bertz CT molecular complexity index is 1520. The molecule has 3 aromatic rings. The number of sulfone groups is 1. The predicted molar refractivity (Wildman–Crippen MR) is 154 cm³/mol. The Morgan fingerprint density at radius 2 is 1.61 bits per heavy atom. The van der Waals surface area contributed by atoms with Gasteiger partial charge in [0.05, 0.1) is 21.9 Å². The fraction of sp³-hybridized carbons (Fsp3) is 0.500. The summed E-state index contributed by atoms with van der Waals surface area (Å²) in [7, 11) is -6.87. The van der Waals surface area contributed by atoms with Crippen LogP contribution in [0.5, 0.6) is 0 Å². The van der Waals surface area contributed by atoms with E-state index in [0.29, 0.717) is 49.8 Å². The van der Waals surface area contributed by atoms with Crippen molar-refractivity contribution < 1.29 is 16.8 Å². The second-order valence-corrected chi connectivity index (χ2v) is 15.3. The molecule has 0 bridgehead atoms. The standard InChI is InChI=1S/C28H38N4O4S2/c1-6-7-18-38(35,36)32-16-14-31(15-17-32)27-22-13-12-21(2)19-24(22)29-26(30-27)23-10-8-9-11-25(23)37(33,34)20-28(3,4)5/h8-13,19H,6-7,14-18,20H2,1-5H3. The van der Waals surface area contributed by atoms with Crippen LogP contribution in [-0.2, 0) is 19.9 Å². The Hall–Kier alpha value is -2.56. The van der Waals surface area contributed by atoms with Gasteiger partial charge in [0.25, 0.3) is 0 Å². The van der Waals surface area contributed by atoms with Crippen LogP contribution in [0.1, 0.15) is 46.1 Å². The molecule has 1 aliphatic rings. The first-order valence-corrected chi connectivity index (χ1v) is 16.4. The molecule has 1 fully saturated rings. The largest absolute Gasteiger partial charge is 0.353 e. The molecule has 2 aromatic carbocycles. The van der Waals surface area contributed by atoms with E-state index in [1.807, 2.05) is 52.8 Å². The highest BCUT2D eigenvalue weighted by Crippen LogP contribution is 2.33. The van der Waals surface area contributed by atoms with E-state index >= 15 is 0 Å². The van der Waals surface area contributed by atoms with Gasteiger partial charge in [0.2, 0.25) is 10.0 Å². The van der Waals surface area contributed by atoms with E-state index < -0.39 is 25.3 Å². The van der Waals surface area contributed by atoms with Crippen molar-refractivity contribution in [3.63, 3.8) is 0 Å². The first-order valence-electron chi connectivity index (χ1n) is 13.1. The van der Waals surface area contributed by atoms with Gasteiger partial charge in [-0.15, -0.1) is 0 Å². The number of aromatic nitrogens is 2. The van der Waals surface area contributed by atoms with E-state index in [-0.39, 0.29) is 16.4 Å². The molecule has 38 heavy (non-hydrogen) atoms. The van der Waals surface area contributed by atoms with Crippen molar-refractivity contribution in [2.24, 2.45) is 5.41 Å². The Morgan fingerprint density at radius 3 is 2.26 bits per heavy atom. The Balaban J connectivity index is 1.76. The number of fused-ring (bicyclic) bond motifs is 1. The van der Waals surface area contributed by atoms with Crippen LogP contribution in [0.25, 0.3) is 22.3 Å². The lowest BCUT2D eigenvalue weighted by molar-refractivity contribution is 0.383. The Kier molecular flexibility index (Phi) is 8.16. The number of sulfonamides is 1. The number of benzene rings is 2. The lowest BCUT2D eigenvalue weighted by Crippen LogP contribution is -2.49. The molecule has 4 rings (SSSR count). The molecule has 8 nitrogen and oxygen atoms in total. The van der Waals surface area contributed by atoms with E-state index in [1.165, 1.54) is 0 Å². The third-order valence-corrected chi connectivity index (χ3v) is 10.8. The molecule has 10 heteroatoms. The molecular weight excluding hydrogens is 520 g/mol. The van der Waals surface area contributed by atoms with Crippen molar-refractivity contribution in [1.82, 2.24) is 14.3 Å². The Morgan fingerprint density at radius 1 is 0.921 bits per heavy atom. The maximum absolute atomic E-state index is 13.4. The Labute approximate surface area is 227 Å². The summed E-state index contributed by atoms with van der Waals surface area (Å²) in [5, 5.41) is 0.858. The first kappa shape index (κ1) is 28.4. The number of rotatable bonds is 8. The summed E-state index contributed by atoms with van der Waals surface area (Å²) < 4.78 is 53.9. The van der Waals surface area contributed by atoms with Crippen molar-refractivity contribution >= 4 is 36.6 Å². The van der Waals surface area contributed by atoms with Crippen LogP contribution < -0.4 is 4.90 Å². The average Bonchev–Trinajstić information content (AvgIpc) is 2.85. The van der Waals surface area contributed by atoms with Crippen molar-refractivity contribution in [1.29, 1.82) is 0 Å². The minimum absolute atomic E-state index is 0.00498. The van der Waals surface area contributed by atoms with Crippen LogP contribution in [0.2, 0.25) is 0 Å². The van der Waals surface area contributed by atoms with E-state index in [9.17, 15) is 16.8 Å². The molecule has 0 amide bonds. The molecule has 2 heterocycles. The van der Waals surface area contributed by atoms with Crippen molar-refractivity contribution in [2.45, 2.75) is 52.4 Å².